The first kappa shape index (κ1) is 7.48. The van der Waals surface area contributed by atoms with Gasteiger partial charge in [-0.1, -0.05) is 23.8 Å². The Kier molecular flexibility index (Phi) is 4.33. The zero-order valence-corrected chi connectivity index (χ0v) is 5.86. The predicted octanol–water partition coefficient (Wildman–Crippen LogP) is 2.72. The van der Waals surface area contributed by atoms with E-state index >= 15 is 0 Å². The Balaban J connectivity index is 3.30. The Morgan fingerprint density at radius 2 is 2.12 bits per heavy atom. The summed E-state index contributed by atoms with van der Waals surface area (Å²) in [6, 6.07) is 0. The van der Waals surface area contributed by atoms with Gasteiger partial charge in [0.05, 0.1) is 0 Å². The third-order valence-electron chi connectivity index (χ3n) is 0.848. The molecule has 0 aliphatic carbocycles. The molecule has 0 aromatic carbocycles. The molecule has 0 rings (SSSR count). The van der Waals surface area contributed by atoms with Crippen LogP contribution in [0.5, 0.6) is 0 Å². The van der Waals surface area contributed by atoms with Crippen LogP contribution in [0.4, 0.5) is 0 Å². The molecule has 0 unspecified atom stereocenters. The molecule has 0 aliphatic rings. The summed E-state index contributed by atoms with van der Waals surface area (Å²) in [5.74, 6) is 0. The Hall–Kier alpha value is -0.520. The monoisotopic (exact) mass is 109 g/mol. The maximum absolute atomic E-state index is 2.95. The Bertz CT molecular complexity index is 92.6. The van der Waals surface area contributed by atoms with Crippen molar-refractivity contribution in [1.82, 2.24) is 0 Å². The van der Waals surface area contributed by atoms with E-state index in [-0.39, 0.29) is 0 Å². The van der Waals surface area contributed by atoms with Crippen LogP contribution in [0.3, 0.4) is 0 Å². The second kappa shape index (κ2) is 4.63. The van der Waals surface area contributed by atoms with E-state index in [1.165, 1.54) is 5.57 Å². The fraction of sp³-hybridized carbons (Fsp3) is 0.500. The van der Waals surface area contributed by atoms with E-state index < -0.39 is 0 Å². The van der Waals surface area contributed by atoms with E-state index in [2.05, 4.69) is 26.0 Å². The van der Waals surface area contributed by atoms with Gasteiger partial charge in [0.25, 0.3) is 0 Å². The topological polar surface area (TPSA) is 0 Å². The molecule has 0 aliphatic heterocycles. The highest BCUT2D eigenvalue weighted by molar-refractivity contribution is 4.96. The van der Waals surface area contributed by atoms with Crippen molar-refractivity contribution in [2.75, 3.05) is 0 Å². The third kappa shape index (κ3) is 5.48. The predicted molar refractivity (Wildman–Crippen MR) is 37.5 cm³/mol. The van der Waals surface area contributed by atoms with Gasteiger partial charge in [-0.15, -0.1) is 0 Å². The Morgan fingerprint density at radius 1 is 1.50 bits per heavy atom. The van der Waals surface area contributed by atoms with Gasteiger partial charge in [-0.3, -0.25) is 0 Å². The van der Waals surface area contributed by atoms with Crippen LogP contribution in [0.1, 0.15) is 27.2 Å². The zero-order valence-electron chi connectivity index (χ0n) is 5.86. The smallest absolute Gasteiger partial charge is 0.0161 e. The zero-order chi connectivity index (χ0) is 6.41. The number of allylic oxidation sites excluding steroid dienone is 4. The molecule has 1 radical (unpaired) electrons. The van der Waals surface area contributed by atoms with E-state index in [1.54, 1.807) is 0 Å². The molecule has 0 heteroatoms. The first-order valence-corrected chi connectivity index (χ1v) is 2.89. The molecule has 0 bridgehead atoms. The highest BCUT2D eigenvalue weighted by atomic mass is 13.8. The molecule has 0 aromatic heterocycles. The molecular formula is C8H13. The lowest BCUT2D eigenvalue weighted by molar-refractivity contribution is 1.27. The molecule has 0 N–H and O–H groups in total. The minimum atomic E-state index is 1.03. The minimum Gasteiger partial charge on any atom is -0.0821 e. The van der Waals surface area contributed by atoms with Crippen LogP contribution >= 0.6 is 0 Å². The molecule has 0 saturated heterocycles. The fourth-order valence-corrected chi connectivity index (χ4v) is 0.412. The molecule has 45 valence electrons. The summed E-state index contributed by atoms with van der Waals surface area (Å²) in [4.78, 5) is 0. The number of hydrogen-bond donors (Lipinski definition) is 0. The summed E-state index contributed by atoms with van der Waals surface area (Å²) in [6.07, 6.45) is 8.18. The second-order valence-corrected chi connectivity index (χ2v) is 2.01. The molecule has 0 atom stereocenters. The third-order valence-corrected chi connectivity index (χ3v) is 0.848. The Morgan fingerprint density at radius 3 is 2.50 bits per heavy atom. The molecule has 8 heavy (non-hydrogen) atoms. The van der Waals surface area contributed by atoms with Gasteiger partial charge < -0.3 is 0 Å². The molecule has 0 nitrogen and oxygen atoms in total. The summed E-state index contributed by atoms with van der Waals surface area (Å²) in [7, 11) is 0. The standard InChI is InChI=1S/C8H13/c1-4-5-6-7-8(2)3/h5,7H,6H2,1-3H3. The average Bonchev–Trinajstić information content (AvgIpc) is 1.66. The van der Waals surface area contributed by atoms with E-state index in [9.17, 15) is 0 Å². The van der Waals surface area contributed by atoms with Gasteiger partial charge in [-0.25, -0.2) is 0 Å². The van der Waals surface area contributed by atoms with Crippen LogP contribution in [0.25, 0.3) is 0 Å². The van der Waals surface area contributed by atoms with E-state index in [4.69, 9.17) is 0 Å². The molecule has 0 amide bonds. The Labute approximate surface area is 51.9 Å². The van der Waals surface area contributed by atoms with Gasteiger partial charge in [0.2, 0.25) is 0 Å². The van der Waals surface area contributed by atoms with Crippen molar-refractivity contribution in [3.8, 4) is 0 Å². The van der Waals surface area contributed by atoms with E-state index in [1.807, 2.05) is 13.0 Å². The van der Waals surface area contributed by atoms with Crippen molar-refractivity contribution in [2.24, 2.45) is 0 Å². The normalized spacial score (nSPS) is 9.88. The van der Waals surface area contributed by atoms with Gasteiger partial charge in [0.15, 0.2) is 0 Å². The summed E-state index contributed by atoms with van der Waals surface area (Å²) in [6.45, 7) is 6.12. The van der Waals surface area contributed by atoms with Crippen LogP contribution in [0.2, 0.25) is 0 Å². The fourth-order valence-electron chi connectivity index (χ4n) is 0.412. The van der Waals surface area contributed by atoms with Gasteiger partial charge >= 0.3 is 0 Å². The van der Waals surface area contributed by atoms with Crippen LogP contribution in [-0.4, -0.2) is 0 Å². The molecule has 0 heterocycles. The van der Waals surface area contributed by atoms with E-state index in [0.29, 0.717) is 0 Å². The molecule has 0 aromatic rings. The van der Waals surface area contributed by atoms with Crippen LogP contribution in [0, 0.1) is 6.08 Å². The summed E-state index contributed by atoms with van der Waals surface area (Å²) in [5, 5.41) is 0. The van der Waals surface area contributed by atoms with Crippen LogP contribution in [-0.2, 0) is 0 Å². The van der Waals surface area contributed by atoms with Gasteiger partial charge in [0.1, 0.15) is 0 Å². The highest BCUT2D eigenvalue weighted by Crippen LogP contribution is 1.92. The lowest BCUT2D eigenvalue weighted by Gasteiger charge is -1.82. The van der Waals surface area contributed by atoms with Crippen molar-refractivity contribution < 1.29 is 0 Å². The van der Waals surface area contributed by atoms with Crippen LogP contribution in [0.15, 0.2) is 17.7 Å². The van der Waals surface area contributed by atoms with Crippen LogP contribution < -0.4 is 0 Å². The van der Waals surface area contributed by atoms with Gasteiger partial charge in [-0.2, -0.15) is 0 Å². The van der Waals surface area contributed by atoms with Crippen molar-refractivity contribution >= 4 is 0 Å². The lowest BCUT2D eigenvalue weighted by atomic mass is 10.2. The molecule has 0 fully saturated rings. The maximum atomic E-state index is 2.95. The van der Waals surface area contributed by atoms with Crippen molar-refractivity contribution in [3.63, 3.8) is 0 Å². The summed E-state index contributed by atoms with van der Waals surface area (Å²) < 4.78 is 0. The first-order valence-electron chi connectivity index (χ1n) is 2.89. The highest BCUT2D eigenvalue weighted by Gasteiger charge is 1.71. The SMILES string of the molecule is C/[C]=C/CC=C(C)C. The average molecular weight is 109 g/mol. The van der Waals surface area contributed by atoms with Crippen molar-refractivity contribution in [2.45, 2.75) is 27.2 Å². The summed E-state index contributed by atoms with van der Waals surface area (Å²) in [5.41, 5.74) is 1.37. The summed E-state index contributed by atoms with van der Waals surface area (Å²) >= 11 is 0. The molecular weight excluding hydrogens is 96.1 g/mol. The maximum Gasteiger partial charge on any atom is -0.0161 e. The number of rotatable bonds is 2. The lowest BCUT2D eigenvalue weighted by Crippen LogP contribution is -1.62. The van der Waals surface area contributed by atoms with Gasteiger partial charge in [0, 0.05) is 0 Å². The minimum absolute atomic E-state index is 1.03. The molecule has 0 saturated carbocycles. The quantitative estimate of drug-likeness (QED) is 0.478. The van der Waals surface area contributed by atoms with Crippen molar-refractivity contribution in [3.05, 3.63) is 23.8 Å². The number of hydrogen-bond acceptors (Lipinski definition) is 0. The van der Waals surface area contributed by atoms with Crippen molar-refractivity contribution in [1.29, 1.82) is 0 Å². The van der Waals surface area contributed by atoms with Gasteiger partial charge in [-0.05, 0) is 27.2 Å². The molecule has 0 spiro atoms. The van der Waals surface area contributed by atoms with E-state index in [0.717, 1.165) is 6.42 Å². The largest absolute Gasteiger partial charge is 0.0821 e. The second-order valence-electron chi connectivity index (χ2n) is 2.01. The first-order chi connectivity index (χ1) is 3.77.